The molecule has 0 amide bonds. The summed E-state index contributed by atoms with van der Waals surface area (Å²) < 4.78 is 7.17. The number of hydrogen-bond donors (Lipinski definition) is 1. The summed E-state index contributed by atoms with van der Waals surface area (Å²) in [7, 11) is 0. The first-order valence-electron chi connectivity index (χ1n) is 6.42. The fourth-order valence-corrected chi connectivity index (χ4v) is 3.43. The van der Waals surface area contributed by atoms with Gasteiger partial charge in [-0.05, 0) is 43.4 Å². The summed E-state index contributed by atoms with van der Waals surface area (Å²) >= 11 is 3.49. The van der Waals surface area contributed by atoms with Crippen LogP contribution in [0.3, 0.4) is 0 Å². The summed E-state index contributed by atoms with van der Waals surface area (Å²) in [5.41, 5.74) is 1.25. The van der Waals surface area contributed by atoms with Crippen molar-refractivity contribution in [3.8, 4) is 0 Å². The van der Waals surface area contributed by atoms with Crippen LogP contribution in [0.5, 0.6) is 0 Å². The lowest BCUT2D eigenvalue weighted by Crippen LogP contribution is -2.41. The molecule has 0 spiro atoms. The Hall–Kier alpha value is -0.380. The Bertz CT molecular complexity index is 384. The van der Waals surface area contributed by atoms with Crippen LogP contribution >= 0.6 is 15.9 Å². The number of hydrogen-bond acceptors (Lipinski definition) is 2. The third-order valence-electron chi connectivity index (χ3n) is 3.80. The van der Waals surface area contributed by atoms with E-state index in [4.69, 9.17) is 4.74 Å². The quantitative estimate of drug-likeness (QED) is 0.924. The number of rotatable bonds is 3. The lowest BCUT2D eigenvalue weighted by Gasteiger charge is -2.29. The molecule has 2 saturated heterocycles. The van der Waals surface area contributed by atoms with E-state index in [0.717, 1.165) is 11.1 Å². The average molecular weight is 296 g/mol. The molecule has 2 unspecified atom stereocenters. The first kappa shape index (κ1) is 11.7. The molecule has 2 fully saturated rings. The van der Waals surface area contributed by atoms with E-state index in [1.807, 2.05) is 6.07 Å². The molecule has 3 rings (SSSR count). The average Bonchev–Trinajstić information content (AvgIpc) is 2.66. The minimum atomic E-state index is 0.452. The normalized spacial score (nSPS) is 31.7. The highest BCUT2D eigenvalue weighted by Gasteiger charge is 2.33. The fourth-order valence-electron chi connectivity index (χ4n) is 2.98. The number of benzene rings is 1. The summed E-state index contributed by atoms with van der Waals surface area (Å²) in [5.74, 6) is 0. The van der Waals surface area contributed by atoms with Crippen LogP contribution in [-0.2, 0) is 11.3 Å². The number of halogens is 1. The van der Waals surface area contributed by atoms with Gasteiger partial charge in [-0.25, -0.2) is 0 Å². The molecule has 1 N–H and O–H groups in total. The summed E-state index contributed by atoms with van der Waals surface area (Å²) in [4.78, 5) is 0. The van der Waals surface area contributed by atoms with Gasteiger partial charge in [0.2, 0.25) is 0 Å². The van der Waals surface area contributed by atoms with E-state index in [9.17, 15) is 0 Å². The van der Waals surface area contributed by atoms with Gasteiger partial charge in [0.05, 0.1) is 12.7 Å². The van der Waals surface area contributed by atoms with E-state index in [0.29, 0.717) is 18.2 Å². The van der Waals surface area contributed by atoms with E-state index >= 15 is 0 Å². The lowest BCUT2D eigenvalue weighted by molar-refractivity contribution is 0.00915. The van der Waals surface area contributed by atoms with Crippen LogP contribution in [0, 0.1) is 0 Å². The molecule has 3 heteroatoms. The maximum absolute atomic E-state index is 6.04. The Morgan fingerprint density at radius 3 is 2.71 bits per heavy atom. The van der Waals surface area contributed by atoms with Crippen molar-refractivity contribution < 1.29 is 4.74 Å². The fraction of sp³-hybridized carbons (Fsp3) is 0.571. The van der Waals surface area contributed by atoms with Crippen molar-refractivity contribution in [1.29, 1.82) is 0 Å². The van der Waals surface area contributed by atoms with Crippen molar-refractivity contribution in [3.63, 3.8) is 0 Å². The molecular weight excluding hydrogens is 278 g/mol. The molecule has 2 bridgehead atoms. The molecule has 2 aliphatic rings. The highest BCUT2D eigenvalue weighted by Crippen LogP contribution is 2.29. The van der Waals surface area contributed by atoms with E-state index in [1.165, 1.54) is 31.2 Å². The zero-order valence-corrected chi connectivity index (χ0v) is 11.4. The molecule has 0 radical (unpaired) electrons. The van der Waals surface area contributed by atoms with Gasteiger partial charge in [-0.2, -0.15) is 0 Å². The van der Waals surface area contributed by atoms with Crippen LogP contribution < -0.4 is 5.32 Å². The third kappa shape index (κ3) is 2.90. The van der Waals surface area contributed by atoms with Crippen LogP contribution in [0.1, 0.15) is 31.2 Å². The van der Waals surface area contributed by atoms with Gasteiger partial charge in [-0.1, -0.05) is 28.1 Å². The second kappa shape index (κ2) is 5.09. The monoisotopic (exact) mass is 295 g/mol. The zero-order chi connectivity index (χ0) is 11.7. The van der Waals surface area contributed by atoms with Crippen LogP contribution in [-0.4, -0.2) is 18.2 Å². The van der Waals surface area contributed by atoms with Crippen molar-refractivity contribution in [3.05, 3.63) is 34.3 Å². The molecule has 2 nitrogen and oxygen atoms in total. The third-order valence-corrected chi connectivity index (χ3v) is 4.30. The molecule has 92 valence electrons. The molecule has 0 aromatic heterocycles. The maximum atomic E-state index is 6.04. The first-order chi connectivity index (χ1) is 8.29. The minimum absolute atomic E-state index is 0.452. The molecular formula is C14H18BrNO. The van der Waals surface area contributed by atoms with E-state index in [2.05, 4.69) is 39.4 Å². The zero-order valence-electron chi connectivity index (χ0n) is 9.86. The Balaban J connectivity index is 1.54. The van der Waals surface area contributed by atoms with Crippen LogP contribution in [0.25, 0.3) is 0 Å². The molecule has 1 aromatic carbocycles. The van der Waals surface area contributed by atoms with Crippen LogP contribution in [0.15, 0.2) is 28.7 Å². The highest BCUT2D eigenvalue weighted by atomic mass is 79.9. The topological polar surface area (TPSA) is 21.3 Å². The van der Waals surface area contributed by atoms with E-state index in [-0.39, 0.29) is 0 Å². The largest absolute Gasteiger partial charge is 0.373 e. The summed E-state index contributed by atoms with van der Waals surface area (Å²) in [6, 6.07) is 9.79. The predicted octanol–water partition coefficient (Wildman–Crippen LogP) is 3.25. The Labute approximate surface area is 111 Å². The Morgan fingerprint density at radius 2 is 2.00 bits per heavy atom. The number of nitrogens with one attached hydrogen (secondary N) is 1. The van der Waals surface area contributed by atoms with Crippen LogP contribution in [0.4, 0.5) is 0 Å². The van der Waals surface area contributed by atoms with Gasteiger partial charge in [-0.3, -0.25) is 0 Å². The van der Waals surface area contributed by atoms with Crippen molar-refractivity contribution in [2.24, 2.45) is 0 Å². The Morgan fingerprint density at radius 1 is 1.24 bits per heavy atom. The first-order valence-corrected chi connectivity index (χ1v) is 7.21. The van der Waals surface area contributed by atoms with Crippen LogP contribution in [0.2, 0.25) is 0 Å². The van der Waals surface area contributed by atoms with Gasteiger partial charge in [0.15, 0.2) is 0 Å². The van der Waals surface area contributed by atoms with Gasteiger partial charge in [0.1, 0.15) is 0 Å². The van der Waals surface area contributed by atoms with Gasteiger partial charge >= 0.3 is 0 Å². The minimum Gasteiger partial charge on any atom is -0.373 e. The maximum Gasteiger partial charge on any atom is 0.0721 e. The van der Waals surface area contributed by atoms with Crippen molar-refractivity contribution in [2.45, 2.75) is 50.5 Å². The molecule has 2 atom stereocenters. The molecule has 2 aliphatic heterocycles. The smallest absolute Gasteiger partial charge is 0.0721 e. The van der Waals surface area contributed by atoms with Crippen molar-refractivity contribution >= 4 is 15.9 Å². The molecule has 2 heterocycles. The van der Waals surface area contributed by atoms with Crippen molar-refractivity contribution in [2.75, 3.05) is 0 Å². The lowest BCUT2D eigenvalue weighted by atomic mass is 10.0. The molecule has 0 saturated carbocycles. The molecule has 1 aromatic rings. The van der Waals surface area contributed by atoms with Gasteiger partial charge in [0.25, 0.3) is 0 Å². The van der Waals surface area contributed by atoms with Gasteiger partial charge < -0.3 is 10.1 Å². The summed E-state index contributed by atoms with van der Waals surface area (Å²) in [6.45, 7) is 0.740. The van der Waals surface area contributed by atoms with E-state index in [1.54, 1.807) is 0 Å². The highest BCUT2D eigenvalue weighted by molar-refractivity contribution is 9.10. The van der Waals surface area contributed by atoms with E-state index < -0.39 is 0 Å². The standard InChI is InChI=1S/C14H18BrNO/c15-11-3-1-2-10(6-11)9-17-14-7-12-4-5-13(8-14)16-12/h1-3,6,12-14,16H,4-5,7-9H2. The second-order valence-corrected chi connectivity index (χ2v) is 6.09. The number of piperidine rings is 1. The Kier molecular flexibility index (Phi) is 3.50. The number of fused-ring (bicyclic) bond motifs is 2. The SMILES string of the molecule is Brc1cccc(COC2CC3CCC(C2)N3)c1. The number of ether oxygens (including phenoxy) is 1. The van der Waals surface area contributed by atoms with Gasteiger partial charge in [-0.15, -0.1) is 0 Å². The molecule has 0 aliphatic carbocycles. The summed E-state index contributed by atoms with van der Waals surface area (Å²) in [5, 5.41) is 3.64. The molecule has 17 heavy (non-hydrogen) atoms. The predicted molar refractivity (Wildman–Crippen MR) is 71.9 cm³/mol. The van der Waals surface area contributed by atoms with Crippen molar-refractivity contribution in [1.82, 2.24) is 5.32 Å². The summed E-state index contributed by atoms with van der Waals surface area (Å²) in [6.07, 6.45) is 5.49. The van der Waals surface area contributed by atoms with Gasteiger partial charge in [0, 0.05) is 16.6 Å². The second-order valence-electron chi connectivity index (χ2n) is 5.17.